The van der Waals surface area contributed by atoms with E-state index in [1.165, 1.54) is 3.97 Å². The Morgan fingerprint density at radius 1 is 0.875 bits per heavy atom. The van der Waals surface area contributed by atoms with Crippen molar-refractivity contribution in [3.05, 3.63) is 96.8 Å². The molecule has 0 saturated heterocycles. The van der Waals surface area contributed by atoms with Crippen molar-refractivity contribution in [1.82, 2.24) is 8.96 Å². The summed E-state index contributed by atoms with van der Waals surface area (Å²) < 4.78 is 34.2. The number of ether oxygens (including phenoxy) is 1. The summed E-state index contributed by atoms with van der Waals surface area (Å²) >= 11 is 0. The van der Waals surface area contributed by atoms with Crippen LogP contribution in [0.3, 0.4) is 0 Å². The summed E-state index contributed by atoms with van der Waals surface area (Å²) in [6.07, 6.45) is 3.54. The lowest BCUT2D eigenvalue weighted by Crippen LogP contribution is -2.13. The van der Waals surface area contributed by atoms with Crippen LogP contribution in [0, 0.1) is 6.92 Å². The predicted octanol–water partition coefficient (Wildman–Crippen LogP) is 5.86. The van der Waals surface area contributed by atoms with Gasteiger partial charge in [-0.3, -0.25) is 0 Å². The Hall–Kier alpha value is -3.77. The van der Waals surface area contributed by atoms with E-state index < -0.39 is 10.0 Å². The van der Waals surface area contributed by atoms with Gasteiger partial charge in [-0.05, 0) is 48.9 Å². The van der Waals surface area contributed by atoms with E-state index in [-0.39, 0.29) is 4.90 Å². The van der Waals surface area contributed by atoms with Crippen molar-refractivity contribution >= 4 is 20.9 Å². The second-order valence-electron chi connectivity index (χ2n) is 7.71. The van der Waals surface area contributed by atoms with Crippen molar-refractivity contribution in [3.8, 4) is 28.1 Å². The van der Waals surface area contributed by atoms with Crippen molar-refractivity contribution in [2.24, 2.45) is 0 Å². The molecule has 0 bridgehead atoms. The Morgan fingerprint density at radius 3 is 2.34 bits per heavy atom. The summed E-state index contributed by atoms with van der Waals surface area (Å²) in [5.74, 6) is 0.709. The zero-order valence-corrected chi connectivity index (χ0v) is 18.6. The first-order valence-electron chi connectivity index (χ1n) is 10.2. The first-order chi connectivity index (χ1) is 15.5. The minimum atomic E-state index is -3.81. The van der Waals surface area contributed by atoms with Crippen molar-refractivity contribution in [3.63, 3.8) is 0 Å². The van der Waals surface area contributed by atoms with E-state index in [0.717, 1.165) is 33.2 Å². The van der Waals surface area contributed by atoms with Gasteiger partial charge < -0.3 is 9.72 Å². The van der Waals surface area contributed by atoms with Crippen LogP contribution in [0.1, 0.15) is 5.56 Å². The fraction of sp³-hybridized carbons (Fsp3) is 0.0769. The van der Waals surface area contributed by atoms with E-state index in [1.807, 2.05) is 79.9 Å². The van der Waals surface area contributed by atoms with Crippen LogP contribution in [0.25, 0.3) is 33.3 Å². The zero-order valence-electron chi connectivity index (χ0n) is 17.7. The molecule has 0 radical (unpaired) electrons. The van der Waals surface area contributed by atoms with Crippen molar-refractivity contribution in [2.45, 2.75) is 11.8 Å². The van der Waals surface area contributed by atoms with Gasteiger partial charge in [-0.15, -0.1) is 0 Å². The molecule has 5 aromatic rings. The Bertz CT molecular complexity index is 1510. The van der Waals surface area contributed by atoms with Crippen LogP contribution in [0.2, 0.25) is 0 Å². The summed E-state index contributed by atoms with van der Waals surface area (Å²) in [5.41, 5.74) is 5.06. The fourth-order valence-corrected chi connectivity index (χ4v) is 5.26. The molecule has 0 unspecified atom stereocenters. The van der Waals surface area contributed by atoms with Crippen LogP contribution in [-0.4, -0.2) is 24.5 Å². The van der Waals surface area contributed by atoms with Gasteiger partial charge in [0.25, 0.3) is 10.0 Å². The Morgan fingerprint density at radius 2 is 1.62 bits per heavy atom. The van der Waals surface area contributed by atoms with Gasteiger partial charge in [0.2, 0.25) is 0 Å². The second-order valence-corrected chi connectivity index (χ2v) is 9.52. The molecule has 1 N–H and O–H groups in total. The molecule has 5 rings (SSSR count). The normalized spacial score (nSPS) is 11.7. The molecule has 3 aromatic carbocycles. The maximum atomic E-state index is 13.7. The average Bonchev–Trinajstić information content (AvgIpc) is 3.44. The van der Waals surface area contributed by atoms with Gasteiger partial charge >= 0.3 is 0 Å². The van der Waals surface area contributed by atoms with Crippen molar-refractivity contribution < 1.29 is 13.2 Å². The maximum absolute atomic E-state index is 13.7. The molecule has 0 aliphatic carbocycles. The number of hydrogen-bond donors (Lipinski definition) is 1. The number of aryl methyl sites for hydroxylation is 1. The topological polar surface area (TPSA) is 64.1 Å². The van der Waals surface area contributed by atoms with Gasteiger partial charge in [-0.25, -0.2) is 12.4 Å². The Balaban J connectivity index is 1.77. The number of aromatic amines is 1. The molecule has 0 atom stereocenters. The van der Waals surface area contributed by atoms with Gasteiger partial charge in [-0.1, -0.05) is 48.0 Å². The summed E-state index contributed by atoms with van der Waals surface area (Å²) in [6, 6.07) is 24.3. The molecule has 5 nitrogen and oxygen atoms in total. The van der Waals surface area contributed by atoms with Gasteiger partial charge in [0, 0.05) is 34.4 Å². The number of H-pyrrole nitrogens is 1. The molecule has 0 aliphatic rings. The van der Waals surface area contributed by atoms with Gasteiger partial charge in [-0.2, -0.15) is 0 Å². The smallest absolute Gasteiger partial charge is 0.268 e. The Labute approximate surface area is 187 Å². The third-order valence-corrected chi connectivity index (χ3v) is 7.32. The predicted molar refractivity (Wildman–Crippen MR) is 127 cm³/mol. The molecule has 160 valence electrons. The quantitative estimate of drug-likeness (QED) is 0.371. The molecule has 0 amide bonds. The van der Waals surface area contributed by atoms with E-state index >= 15 is 0 Å². The number of nitrogens with one attached hydrogen (secondary N) is 1. The first kappa shape index (κ1) is 20.2. The summed E-state index contributed by atoms with van der Waals surface area (Å²) in [5, 5.41) is 0.891. The molecule has 2 aromatic heterocycles. The van der Waals surface area contributed by atoms with E-state index in [2.05, 4.69) is 4.98 Å². The molecule has 2 heterocycles. The lowest BCUT2D eigenvalue weighted by Gasteiger charge is -2.11. The van der Waals surface area contributed by atoms with Crippen LogP contribution < -0.4 is 4.74 Å². The SMILES string of the molecule is COc1ccc2[nH]cc(-c3cc(-c4ccccc4)cn3S(=O)(=O)c3ccc(C)cc3)c2c1. The van der Waals surface area contributed by atoms with E-state index in [1.54, 1.807) is 25.4 Å². The molecular formula is C26H22N2O3S. The third kappa shape index (κ3) is 3.39. The number of rotatable bonds is 5. The number of nitrogens with zero attached hydrogens (tertiary/aromatic N) is 1. The molecule has 0 saturated carbocycles. The van der Waals surface area contributed by atoms with Crippen molar-refractivity contribution in [2.75, 3.05) is 7.11 Å². The highest BCUT2D eigenvalue weighted by Crippen LogP contribution is 2.36. The summed E-state index contributed by atoms with van der Waals surface area (Å²) in [7, 11) is -2.20. The standard InChI is InChI=1S/C26H22N2O3S/c1-18-8-11-22(12-9-18)32(29,30)28-17-20(19-6-4-3-5-7-19)14-26(28)24-16-27-25-13-10-21(31-2)15-23(24)25/h3-17,27H,1-2H3. The number of hydrogen-bond acceptors (Lipinski definition) is 3. The van der Waals surface area contributed by atoms with Crippen LogP contribution >= 0.6 is 0 Å². The average molecular weight is 443 g/mol. The van der Waals surface area contributed by atoms with Crippen LogP contribution in [-0.2, 0) is 10.0 Å². The molecule has 6 heteroatoms. The number of methoxy groups -OCH3 is 1. The van der Waals surface area contributed by atoms with Gasteiger partial charge in [0.1, 0.15) is 5.75 Å². The van der Waals surface area contributed by atoms with Crippen LogP contribution in [0.4, 0.5) is 0 Å². The minimum absolute atomic E-state index is 0.247. The highest BCUT2D eigenvalue weighted by Gasteiger charge is 2.24. The van der Waals surface area contributed by atoms with Gasteiger partial charge in [0.05, 0.1) is 17.7 Å². The van der Waals surface area contributed by atoms with Crippen molar-refractivity contribution in [1.29, 1.82) is 0 Å². The highest BCUT2D eigenvalue weighted by atomic mass is 32.2. The van der Waals surface area contributed by atoms with E-state index in [0.29, 0.717) is 11.4 Å². The molecule has 0 spiro atoms. The fourth-order valence-electron chi connectivity index (χ4n) is 3.89. The second kappa shape index (κ2) is 7.73. The maximum Gasteiger partial charge on any atom is 0.268 e. The minimum Gasteiger partial charge on any atom is -0.497 e. The number of fused-ring (bicyclic) bond motifs is 1. The number of benzene rings is 3. The lowest BCUT2D eigenvalue weighted by molar-refractivity contribution is 0.415. The Kier molecular flexibility index (Phi) is 4.87. The number of aromatic nitrogens is 2. The van der Waals surface area contributed by atoms with E-state index in [4.69, 9.17) is 4.74 Å². The molecule has 0 aliphatic heterocycles. The van der Waals surface area contributed by atoms with E-state index in [9.17, 15) is 8.42 Å². The molecule has 32 heavy (non-hydrogen) atoms. The third-order valence-electron chi connectivity index (χ3n) is 5.64. The largest absolute Gasteiger partial charge is 0.497 e. The molecule has 0 fully saturated rings. The van der Waals surface area contributed by atoms with Gasteiger partial charge in [0.15, 0.2) is 0 Å². The summed E-state index contributed by atoms with van der Waals surface area (Å²) in [4.78, 5) is 3.50. The summed E-state index contributed by atoms with van der Waals surface area (Å²) in [6.45, 7) is 1.93. The molecular weight excluding hydrogens is 420 g/mol. The zero-order chi connectivity index (χ0) is 22.3. The monoisotopic (exact) mass is 442 g/mol. The lowest BCUT2D eigenvalue weighted by atomic mass is 10.1. The van der Waals surface area contributed by atoms with Crippen LogP contribution in [0.15, 0.2) is 96.2 Å². The van der Waals surface area contributed by atoms with Crippen LogP contribution in [0.5, 0.6) is 5.75 Å². The highest BCUT2D eigenvalue weighted by molar-refractivity contribution is 7.90. The first-order valence-corrected chi connectivity index (χ1v) is 11.7.